The quantitative estimate of drug-likeness (QED) is 0.145. The second-order valence-corrected chi connectivity index (χ2v) is 7.55. The topological polar surface area (TPSA) is 125 Å². The van der Waals surface area contributed by atoms with Gasteiger partial charge in [-0.05, 0) is 31.3 Å². The number of ketones is 1. The summed E-state index contributed by atoms with van der Waals surface area (Å²) in [5, 5.41) is 10.1. The number of allylic oxidation sites excluding steroid dienone is 3. The molecule has 0 aromatic rings. The molecule has 0 bridgehead atoms. The molecular weight excluding hydrogens is 408 g/mol. The Morgan fingerprint density at radius 1 is 1.35 bits per heavy atom. The predicted octanol–water partition coefficient (Wildman–Crippen LogP) is 3.09. The third-order valence-electron chi connectivity index (χ3n) is 5.38. The van der Waals surface area contributed by atoms with Crippen LogP contribution in [0.4, 0.5) is 4.79 Å². The lowest BCUT2D eigenvalue weighted by Crippen LogP contribution is -2.49. The van der Waals surface area contributed by atoms with Gasteiger partial charge in [-0.1, -0.05) is 32.1 Å². The van der Waals surface area contributed by atoms with Crippen LogP contribution < -0.4 is 0 Å². The molecule has 0 amide bonds. The fraction of sp³-hybridized carbons (Fsp3) is 0.545. The summed E-state index contributed by atoms with van der Waals surface area (Å²) in [6.07, 6.45) is 2.59. The van der Waals surface area contributed by atoms with Crippen molar-refractivity contribution in [2.75, 3.05) is 13.7 Å². The zero-order chi connectivity index (χ0) is 23.2. The van der Waals surface area contributed by atoms with Crippen molar-refractivity contribution in [3.05, 3.63) is 35.6 Å². The Morgan fingerprint density at radius 2 is 2.06 bits per heavy atom. The second kappa shape index (κ2) is 10.3. The summed E-state index contributed by atoms with van der Waals surface area (Å²) >= 11 is 0. The van der Waals surface area contributed by atoms with E-state index in [1.54, 1.807) is 6.08 Å². The summed E-state index contributed by atoms with van der Waals surface area (Å²) in [4.78, 5) is 47.8. The van der Waals surface area contributed by atoms with E-state index < -0.39 is 35.6 Å². The number of cyclic esters (lactones) is 3. The summed E-state index contributed by atoms with van der Waals surface area (Å²) in [5.41, 5.74) is -1.35. The van der Waals surface area contributed by atoms with Crippen molar-refractivity contribution in [2.24, 2.45) is 5.92 Å². The number of methoxy groups -OCH3 is 1. The molecule has 0 aromatic carbocycles. The Labute approximate surface area is 180 Å². The van der Waals surface area contributed by atoms with Gasteiger partial charge in [0.05, 0.1) is 13.7 Å². The second-order valence-electron chi connectivity index (χ2n) is 7.55. The van der Waals surface area contributed by atoms with Crippen LogP contribution in [0.25, 0.3) is 0 Å². The average Bonchev–Trinajstić information content (AvgIpc) is 3.08. The molecule has 0 spiro atoms. The van der Waals surface area contributed by atoms with E-state index in [1.807, 2.05) is 13.8 Å². The highest BCUT2D eigenvalue weighted by molar-refractivity contribution is 6.18. The SMILES string of the molecule is C=C(C/C=C/[C@]1(C(=O)OC)OC(=O)O[C@@H]1[C@@H](C)CC)CC/C(O)=C1/C(=O)CCOC1=O. The summed E-state index contributed by atoms with van der Waals surface area (Å²) in [5.74, 6) is -2.50. The van der Waals surface area contributed by atoms with Gasteiger partial charge in [0.25, 0.3) is 5.60 Å². The van der Waals surface area contributed by atoms with E-state index >= 15 is 0 Å². The van der Waals surface area contributed by atoms with Gasteiger partial charge in [0.1, 0.15) is 11.3 Å². The van der Waals surface area contributed by atoms with Gasteiger partial charge in [0, 0.05) is 12.8 Å². The minimum absolute atomic E-state index is 0.0137. The zero-order valence-corrected chi connectivity index (χ0v) is 18.0. The standard InChI is InChI=1S/C22H28O9/c1-5-14(3)18-22(20(26)28-4,31-21(27)30-18)11-6-7-13(2)8-9-15(23)17-16(24)10-12-29-19(17)25/h6,11,14,18,23H,2,5,7-10,12H2,1,3-4H3/b11-6+,17-15+/t14-,18+,22-/m0/s1. The van der Waals surface area contributed by atoms with Crippen molar-refractivity contribution in [1.29, 1.82) is 0 Å². The van der Waals surface area contributed by atoms with E-state index in [0.29, 0.717) is 18.4 Å². The maximum atomic E-state index is 12.5. The normalized spacial score (nSPS) is 26.2. The zero-order valence-electron chi connectivity index (χ0n) is 18.0. The number of hydrogen-bond donors (Lipinski definition) is 1. The summed E-state index contributed by atoms with van der Waals surface area (Å²) in [6, 6.07) is 0. The van der Waals surface area contributed by atoms with Gasteiger partial charge in [0.15, 0.2) is 11.9 Å². The molecule has 0 radical (unpaired) electrons. The highest BCUT2D eigenvalue weighted by Gasteiger charge is 2.58. The van der Waals surface area contributed by atoms with Crippen LogP contribution in [0.3, 0.4) is 0 Å². The first-order chi connectivity index (χ1) is 14.7. The number of aliphatic hydroxyl groups excluding tert-OH is 1. The van der Waals surface area contributed by atoms with Crippen LogP contribution in [0, 0.1) is 5.92 Å². The summed E-state index contributed by atoms with van der Waals surface area (Å²) < 4.78 is 20.1. The maximum Gasteiger partial charge on any atom is 0.510 e. The van der Waals surface area contributed by atoms with Crippen molar-refractivity contribution in [3.8, 4) is 0 Å². The number of rotatable bonds is 9. The number of carbonyl (C=O) groups excluding carboxylic acids is 4. The largest absolute Gasteiger partial charge is 0.511 e. The van der Waals surface area contributed by atoms with Crippen molar-refractivity contribution in [3.63, 3.8) is 0 Å². The van der Waals surface area contributed by atoms with Crippen LogP contribution in [0.5, 0.6) is 0 Å². The number of carbonyl (C=O) groups is 4. The van der Waals surface area contributed by atoms with Crippen LogP contribution in [0.15, 0.2) is 35.6 Å². The molecule has 0 aromatic heterocycles. The van der Waals surface area contributed by atoms with Crippen LogP contribution >= 0.6 is 0 Å². The number of hydrogen-bond acceptors (Lipinski definition) is 9. The fourth-order valence-corrected chi connectivity index (χ4v) is 3.43. The minimum Gasteiger partial charge on any atom is -0.511 e. The van der Waals surface area contributed by atoms with Crippen LogP contribution in [0.2, 0.25) is 0 Å². The third kappa shape index (κ3) is 5.34. The van der Waals surface area contributed by atoms with Gasteiger partial charge in [0.2, 0.25) is 0 Å². The molecule has 2 rings (SSSR count). The van der Waals surface area contributed by atoms with Crippen LogP contribution in [0.1, 0.15) is 46.0 Å². The van der Waals surface area contributed by atoms with Crippen LogP contribution in [-0.2, 0) is 33.3 Å². The lowest BCUT2D eigenvalue weighted by Gasteiger charge is -2.28. The molecule has 1 N–H and O–H groups in total. The van der Waals surface area contributed by atoms with Gasteiger partial charge in [-0.2, -0.15) is 0 Å². The van der Waals surface area contributed by atoms with Gasteiger partial charge in [-0.3, -0.25) is 4.79 Å². The van der Waals surface area contributed by atoms with Crippen molar-refractivity contribution < 1.29 is 43.2 Å². The first-order valence-electron chi connectivity index (χ1n) is 10.1. The minimum atomic E-state index is -1.69. The van der Waals surface area contributed by atoms with Crippen molar-refractivity contribution >= 4 is 23.9 Å². The lowest BCUT2D eigenvalue weighted by atomic mass is 9.85. The molecule has 2 aliphatic heterocycles. The van der Waals surface area contributed by atoms with E-state index in [2.05, 4.69) is 6.58 Å². The van der Waals surface area contributed by atoms with Gasteiger partial charge < -0.3 is 24.1 Å². The molecule has 170 valence electrons. The lowest BCUT2D eigenvalue weighted by molar-refractivity contribution is -0.158. The Balaban J connectivity index is 2.07. The molecule has 3 atom stereocenters. The Kier molecular flexibility index (Phi) is 8.01. The first kappa shape index (κ1) is 24.2. The molecule has 2 saturated heterocycles. The van der Waals surface area contributed by atoms with E-state index in [4.69, 9.17) is 18.9 Å². The molecule has 2 fully saturated rings. The van der Waals surface area contributed by atoms with E-state index in [0.717, 1.165) is 0 Å². The Morgan fingerprint density at radius 3 is 2.68 bits per heavy atom. The highest BCUT2D eigenvalue weighted by atomic mass is 16.8. The highest BCUT2D eigenvalue weighted by Crippen LogP contribution is 2.36. The van der Waals surface area contributed by atoms with Gasteiger partial charge >= 0.3 is 18.1 Å². The summed E-state index contributed by atoms with van der Waals surface area (Å²) in [6.45, 7) is 7.66. The molecular formula is C22H28O9. The Bertz CT molecular complexity index is 805. The number of ether oxygens (including phenoxy) is 4. The molecule has 2 heterocycles. The molecule has 2 aliphatic rings. The number of Topliss-reactive ketones (excluding diaryl/α,β-unsaturated/α-hetero) is 1. The predicted molar refractivity (Wildman–Crippen MR) is 108 cm³/mol. The van der Waals surface area contributed by atoms with Crippen molar-refractivity contribution in [2.45, 2.75) is 57.7 Å². The average molecular weight is 436 g/mol. The smallest absolute Gasteiger partial charge is 0.510 e. The van der Waals surface area contributed by atoms with Gasteiger partial charge in [-0.25, -0.2) is 14.4 Å². The maximum absolute atomic E-state index is 12.5. The van der Waals surface area contributed by atoms with E-state index in [9.17, 15) is 24.3 Å². The van der Waals surface area contributed by atoms with Gasteiger partial charge in [-0.15, -0.1) is 0 Å². The molecule has 0 unspecified atom stereocenters. The van der Waals surface area contributed by atoms with Crippen LogP contribution in [-0.4, -0.2) is 54.4 Å². The number of esters is 2. The molecule has 9 nitrogen and oxygen atoms in total. The Hall–Kier alpha value is -3.10. The third-order valence-corrected chi connectivity index (χ3v) is 5.38. The van der Waals surface area contributed by atoms with E-state index in [-0.39, 0.29) is 43.1 Å². The molecule has 31 heavy (non-hydrogen) atoms. The molecule has 0 saturated carbocycles. The molecule has 0 aliphatic carbocycles. The first-order valence-corrected chi connectivity index (χ1v) is 10.1. The monoisotopic (exact) mass is 436 g/mol. The summed E-state index contributed by atoms with van der Waals surface area (Å²) in [7, 11) is 1.20. The van der Waals surface area contributed by atoms with E-state index in [1.165, 1.54) is 13.2 Å². The fourth-order valence-electron chi connectivity index (χ4n) is 3.43. The number of aliphatic hydroxyl groups is 1. The molecule has 9 heteroatoms. The van der Waals surface area contributed by atoms with Crippen molar-refractivity contribution in [1.82, 2.24) is 0 Å².